The highest BCUT2D eigenvalue weighted by atomic mass is 35.5. The van der Waals surface area contributed by atoms with Crippen LogP contribution in [0.4, 0.5) is 0 Å². The maximum atomic E-state index is 12.0. The van der Waals surface area contributed by atoms with Crippen LogP contribution in [0.15, 0.2) is 42.5 Å². The summed E-state index contributed by atoms with van der Waals surface area (Å²) in [6.07, 6.45) is 0.259. The zero-order valence-corrected chi connectivity index (χ0v) is 11.4. The first-order chi connectivity index (χ1) is 9.08. The fourth-order valence-electron chi connectivity index (χ4n) is 1.51. The van der Waals surface area contributed by atoms with Gasteiger partial charge in [-0.1, -0.05) is 30.4 Å². The van der Waals surface area contributed by atoms with Crippen LogP contribution in [-0.4, -0.2) is 30.9 Å². The predicted molar refractivity (Wildman–Crippen MR) is 74.2 cm³/mol. The maximum Gasteiger partial charge on any atom is 0.328 e. The molecule has 1 aromatic carbocycles. The van der Waals surface area contributed by atoms with E-state index in [4.69, 9.17) is 11.6 Å². The van der Waals surface area contributed by atoms with Gasteiger partial charge in [-0.3, -0.25) is 4.79 Å². The second kappa shape index (κ2) is 7.59. The SMILES string of the molecule is C=C(CCl)CC(NC(=O)c1ccccc1)C(=O)OC. The van der Waals surface area contributed by atoms with Crippen molar-refractivity contribution in [1.82, 2.24) is 5.32 Å². The highest BCUT2D eigenvalue weighted by Gasteiger charge is 2.22. The fraction of sp³-hybridized carbons (Fsp3) is 0.286. The van der Waals surface area contributed by atoms with Gasteiger partial charge in [-0.05, 0) is 12.1 Å². The van der Waals surface area contributed by atoms with Crippen molar-refractivity contribution in [2.75, 3.05) is 13.0 Å². The standard InChI is InChI=1S/C14H16ClNO3/c1-10(9-15)8-12(14(18)19-2)16-13(17)11-6-4-3-5-7-11/h3-7,12H,1,8-9H2,2H3,(H,16,17). The molecule has 102 valence electrons. The van der Waals surface area contributed by atoms with E-state index in [0.29, 0.717) is 11.1 Å². The van der Waals surface area contributed by atoms with Gasteiger partial charge in [0.05, 0.1) is 7.11 Å². The van der Waals surface area contributed by atoms with Crippen LogP contribution in [0.1, 0.15) is 16.8 Å². The summed E-state index contributed by atoms with van der Waals surface area (Å²) in [6.45, 7) is 3.72. The van der Waals surface area contributed by atoms with E-state index in [-0.39, 0.29) is 18.2 Å². The number of benzene rings is 1. The number of alkyl halides is 1. The quantitative estimate of drug-likeness (QED) is 0.494. The van der Waals surface area contributed by atoms with E-state index in [9.17, 15) is 9.59 Å². The number of carbonyl (C=O) groups excluding carboxylic acids is 2. The minimum absolute atomic E-state index is 0.231. The number of amides is 1. The van der Waals surface area contributed by atoms with Crippen LogP contribution in [0.2, 0.25) is 0 Å². The molecule has 19 heavy (non-hydrogen) atoms. The zero-order valence-electron chi connectivity index (χ0n) is 10.7. The van der Waals surface area contributed by atoms with Crippen LogP contribution in [0.25, 0.3) is 0 Å². The first kappa shape index (κ1) is 15.2. The summed E-state index contributed by atoms with van der Waals surface area (Å²) in [4.78, 5) is 23.6. The Bertz CT molecular complexity index is 459. The summed E-state index contributed by atoms with van der Waals surface area (Å²) in [6, 6.07) is 7.87. The molecule has 0 bridgehead atoms. The summed E-state index contributed by atoms with van der Waals surface area (Å²) in [5.74, 6) is -0.622. The van der Waals surface area contributed by atoms with E-state index in [1.165, 1.54) is 7.11 Å². The molecule has 1 amide bonds. The van der Waals surface area contributed by atoms with Crippen molar-refractivity contribution in [2.45, 2.75) is 12.5 Å². The van der Waals surface area contributed by atoms with Crippen LogP contribution in [0.5, 0.6) is 0 Å². The largest absolute Gasteiger partial charge is 0.467 e. The average molecular weight is 282 g/mol. The van der Waals surface area contributed by atoms with E-state index in [0.717, 1.165) is 0 Å². The molecule has 1 N–H and O–H groups in total. The number of hydrogen-bond acceptors (Lipinski definition) is 3. The van der Waals surface area contributed by atoms with Gasteiger partial charge < -0.3 is 10.1 Å². The van der Waals surface area contributed by atoms with E-state index in [2.05, 4.69) is 16.6 Å². The number of ether oxygens (including phenoxy) is 1. The van der Waals surface area contributed by atoms with Crippen LogP contribution in [0, 0.1) is 0 Å². The van der Waals surface area contributed by atoms with E-state index >= 15 is 0 Å². The van der Waals surface area contributed by atoms with E-state index in [1.807, 2.05) is 6.07 Å². The topological polar surface area (TPSA) is 55.4 Å². The Morgan fingerprint density at radius 2 is 2.00 bits per heavy atom. The summed E-state index contributed by atoms with van der Waals surface area (Å²) >= 11 is 5.63. The normalized spacial score (nSPS) is 11.5. The lowest BCUT2D eigenvalue weighted by Gasteiger charge is -2.17. The Morgan fingerprint density at radius 3 is 2.53 bits per heavy atom. The lowest BCUT2D eigenvalue weighted by atomic mass is 10.1. The van der Waals surface area contributed by atoms with E-state index in [1.54, 1.807) is 24.3 Å². The molecule has 0 aliphatic rings. The monoisotopic (exact) mass is 281 g/mol. The predicted octanol–water partition coefficient (Wildman–Crippen LogP) is 2.14. The molecule has 1 aromatic rings. The van der Waals surface area contributed by atoms with Crippen LogP contribution >= 0.6 is 11.6 Å². The molecular formula is C14H16ClNO3. The van der Waals surface area contributed by atoms with Gasteiger partial charge in [0, 0.05) is 17.9 Å². The highest BCUT2D eigenvalue weighted by molar-refractivity contribution is 6.19. The van der Waals surface area contributed by atoms with Gasteiger partial charge in [0.15, 0.2) is 0 Å². The van der Waals surface area contributed by atoms with Gasteiger partial charge in [0.1, 0.15) is 6.04 Å². The summed E-state index contributed by atoms with van der Waals surface area (Å²) in [7, 11) is 1.27. The molecule has 1 atom stereocenters. The fourth-order valence-corrected chi connectivity index (χ4v) is 1.62. The summed E-state index contributed by atoms with van der Waals surface area (Å²) in [5, 5.41) is 2.62. The highest BCUT2D eigenvalue weighted by Crippen LogP contribution is 2.08. The molecule has 0 saturated heterocycles. The number of hydrogen-bond donors (Lipinski definition) is 1. The zero-order chi connectivity index (χ0) is 14.3. The third-order valence-corrected chi connectivity index (χ3v) is 2.89. The Morgan fingerprint density at radius 1 is 1.37 bits per heavy atom. The second-order valence-electron chi connectivity index (χ2n) is 4.00. The Hall–Kier alpha value is -1.81. The van der Waals surface area contributed by atoms with Crippen molar-refractivity contribution in [3.63, 3.8) is 0 Å². The lowest BCUT2D eigenvalue weighted by Crippen LogP contribution is -2.41. The molecular weight excluding hydrogens is 266 g/mol. The molecule has 0 saturated carbocycles. The van der Waals surface area contributed by atoms with Crippen molar-refractivity contribution in [2.24, 2.45) is 0 Å². The lowest BCUT2D eigenvalue weighted by molar-refractivity contribution is -0.142. The van der Waals surface area contributed by atoms with Crippen molar-refractivity contribution < 1.29 is 14.3 Å². The average Bonchev–Trinajstić information content (AvgIpc) is 2.46. The van der Waals surface area contributed by atoms with Gasteiger partial charge in [0.2, 0.25) is 0 Å². The molecule has 1 rings (SSSR count). The molecule has 0 aromatic heterocycles. The Labute approximate surface area is 117 Å². The number of nitrogens with one attached hydrogen (secondary N) is 1. The smallest absolute Gasteiger partial charge is 0.328 e. The molecule has 0 radical (unpaired) electrons. The number of methoxy groups -OCH3 is 1. The van der Waals surface area contributed by atoms with Crippen molar-refractivity contribution in [1.29, 1.82) is 0 Å². The van der Waals surface area contributed by atoms with Crippen LogP contribution < -0.4 is 5.32 Å². The van der Waals surface area contributed by atoms with Gasteiger partial charge in [0.25, 0.3) is 5.91 Å². The van der Waals surface area contributed by atoms with Gasteiger partial charge >= 0.3 is 5.97 Å². The van der Waals surface area contributed by atoms with Crippen molar-refractivity contribution >= 4 is 23.5 Å². The molecule has 0 heterocycles. The van der Waals surface area contributed by atoms with Gasteiger partial charge in [-0.2, -0.15) is 0 Å². The number of halogens is 1. The van der Waals surface area contributed by atoms with Crippen molar-refractivity contribution in [3.05, 3.63) is 48.0 Å². The number of esters is 1. The third kappa shape index (κ3) is 4.75. The van der Waals surface area contributed by atoms with Gasteiger partial charge in [-0.15, -0.1) is 11.6 Å². The first-order valence-electron chi connectivity index (χ1n) is 5.74. The minimum Gasteiger partial charge on any atom is -0.467 e. The molecule has 0 aliphatic carbocycles. The third-order valence-electron chi connectivity index (χ3n) is 2.51. The Balaban J connectivity index is 2.74. The molecule has 0 fully saturated rings. The van der Waals surface area contributed by atoms with Crippen molar-refractivity contribution in [3.8, 4) is 0 Å². The molecule has 1 unspecified atom stereocenters. The number of carbonyl (C=O) groups is 2. The van der Waals surface area contributed by atoms with Gasteiger partial charge in [-0.25, -0.2) is 4.79 Å². The summed E-state index contributed by atoms with van der Waals surface area (Å²) < 4.78 is 4.66. The number of rotatable bonds is 6. The first-order valence-corrected chi connectivity index (χ1v) is 6.28. The van der Waals surface area contributed by atoms with Crippen LogP contribution in [0.3, 0.4) is 0 Å². The molecule has 0 aliphatic heterocycles. The molecule has 0 spiro atoms. The molecule has 4 nitrogen and oxygen atoms in total. The second-order valence-corrected chi connectivity index (χ2v) is 4.27. The summed E-state index contributed by atoms with van der Waals surface area (Å²) in [5.41, 5.74) is 1.14. The van der Waals surface area contributed by atoms with Crippen LogP contribution in [-0.2, 0) is 9.53 Å². The van der Waals surface area contributed by atoms with E-state index < -0.39 is 12.0 Å². The maximum absolute atomic E-state index is 12.0. The minimum atomic E-state index is -0.774. The Kier molecular flexibility index (Phi) is 6.09. The molecule has 5 heteroatoms.